The zero-order valence-electron chi connectivity index (χ0n) is 10.4. The van der Waals surface area contributed by atoms with Crippen LogP contribution in [0, 0.1) is 6.92 Å². The molecule has 2 N–H and O–H groups in total. The maximum Gasteiger partial charge on any atom is 0.307 e. The number of carboxylic acid groups (broad SMARTS) is 1. The Morgan fingerprint density at radius 3 is 2.72 bits per heavy atom. The molecule has 0 radical (unpaired) electrons. The Morgan fingerprint density at radius 1 is 1.44 bits per heavy atom. The summed E-state index contributed by atoms with van der Waals surface area (Å²) in [6, 6.07) is 3.87. The van der Waals surface area contributed by atoms with Crippen molar-refractivity contribution in [3.8, 4) is 0 Å². The SMILES string of the molecule is Cc1c(CC(=O)O)cc(S)cc1N1CCNCC1. The van der Waals surface area contributed by atoms with Gasteiger partial charge in [-0.1, -0.05) is 0 Å². The van der Waals surface area contributed by atoms with E-state index in [0.717, 1.165) is 47.9 Å². The van der Waals surface area contributed by atoms with Crippen molar-refractivity contribution in [2.45, 2.75) is 18.2 Å². The second-order valence-electron chi connectivity index (χ2n) is 4.56. The number of aliphatic carboxylic acids is 1. The smallest absolute Gasteiger partial charge is 0.307 e. The minimum Gasteiger partial charge on any atom is -0.481 e. The van der Waals surface area contributed by atoms with Gasteiger partial charge < -0.3 is 15.3 Å². The van der Waals surface area contributed by atoms with Crippen molar-refractivity contribution in [1.82, 2.24) is 5.32 Å². The van der Waals surface area contributed by atoms with E-state index in [4.69, 9.17) is 5.11 Å². The van der Waals surface area contributed by atoms with Crippen LogP contribution < -0.4 is 10.2 Å². The summed E-state index contributed by atoms with van der Waals surface area (Å²) < 4.78 is 0. The molecular formula is C13H18N2O2S. The van der Waals surface area contributed by atoms with E-state index < -0.39 is 5.97 Å². The van der Waals surface area contributed by atoms with Gasteiger partial charge in [0.25, 0.3) is 0 Å². The van der Waals surface area contributed by atoms with E-state index in [1.807, 2.05) is 19.1 Å². The molecule has 2 rings (SSSR count). The molecule has 1 aliphatic heterocycles. The summed E-state index contributed by atoms with van der Waals surface area (Å²) in [4.78, 5) is 14.0. The van der Waals surface area contributed by atoms with E-state index in [1.165, 1.54) is 0 Å². The van der Waals surface area contributed by atoms with Crippen LogP contribution in [0.3, 0.4) is 0 Å². The lowest BCUT2D eigenvalue weighted by atomic mass is 10.0. The number of carboxylic acids is 1. The quantitative estimate of drug-likeness (QED) is 0.722. The molecule has 1 fully saturated rings. The normalized spacial score (nSPS) is 15.8. The molecule has 0 atom stereocenters. The van der Waals surface area contributed by atoms with E-state index in [-0.39, 0.29) is 6.42 Å². The van der Waals surface area contributed by atoms with E-state index in [9.17, 15) is 4.79 Å². The first-order valence-corrected chi connectivity index (χ1v) is 6.52. The summed E-state index contributed by atoms with van der Waals surface area (Å²) in [7, 11) is 0. The minimum absolute atomic E-state index is 0.0549. The van der Waals surface area contributed by atoms with Crippen LogP contribution in [0.25, 0.3) is 0 Å². The number of nitrogens with zero attached hydrogens (tertiary/aromatic N) is 1. The number of nitrogens with one attached hydrogen (secondary N) is 1. The second-order valence-corrected chi connectivity index (χ2v) is 5.07. The van der Waals surface area contributed by atoms with Crippen LogP contribution in [0.4, 0.5) is 5.69 Å². The Morgan fingerprint density at radius 2 is 2.11 bits per heavy atom. The number of anilines is 1. The van der Waals surface area contributed by atoms with Crippen molar-refractivity contribution in [3.63, 3.8) is 0 Å². The van der Waals surface area contributed by atoms with Crippen molar-refractivity contribution >= 4 is 24.3 Å². The molecule has 1 aromatic carbocycles. The average Bonchev–Trinajstić information content (AvgIpc) is 2.34. The molecule has 0 aliphatic carbocycles. The summed E-state index contributed by atoms with van der Waals surface area (Å²) in [6.07, 6.45) is 0.0549. The third-order valence-electron chi connectivity index (χ3n) is 3.27. The summed E-state index contributed by atoms with van der Waals surface area (Å²) in [5, 5.41) is 12.2. The highest BCUT2D eigenvalue weighted by atomic mass is 32.1. The Hall–Kier alpha value is -1.20. The molecule has 0 bridgehead atoms. The summed E-state index contributed by atoms with van der Waals surface area (Å²) in [5.41, 5.74) is 3.01. The number of hydrogen-bond acceptors (Lipinski definition) is 4. The molecule has 98 valence electrons. The van der Waals surface area contributed by atoms with Gasteiger partial charge in [-0.15, -0.1) is 12.6 Å². The highest BCUT2D eigenvalue weighted by Gasteiger charge is 2.16. The highest BCUT2D eigenvalue weighted by Crippen LogP contribution is 2.28. The fraction of sp³-hybridized carbons (Fsp3) is 0.462. The van der Waals surface area contributed by atoms with E-state index in [2.05, 4.69) is 22.8 Å². The first-order chi connectivity index (χ1) is 8.58. The zero-order chi connectivity index (χ0) is 13.1. The van der Waals surface area contributed by atoms with E-state index in [0.29, 0.717) is 0 Å². The predicted octanol–water partition coefficient (Wildman–Crippen LogP) is 1.32. The van der Waals surface area contributed by atoms with Crippen molar-refractivity contribution < 1.29 is 9.90 Å². The molecule has 18 heavy (non-hydrogen) atoms. The van der Waals surface area contributed by atoms with Crippen LogP contribution in [-0.4, -0.2) is 37.3 Å². The van der Waals surface area contributed by atoms with Gasteiger partial charge in [0.2, 0.25) is 0 Å². The largest absolute Gasteiger partial charge is 0.481 e. The van der Waals surface area contributed by atoms with Gasteiger partial charge in [-0.05, 0) is 30.2 Å². The lowest BCUT2D eigenvalue weighted by Crippen LogP contribution is -2.43. The first-order valence-electron chi connectivity index (χ1n) is 6.08. The monoisotopic (exact) mass is 266 g/mol. The summed E-state index contributed by atoms with van der Waals surface area (Å²) >= 11 is 4.38. The molecule has 1 heterocycles. The maximum absolute atomic E-state index is 10.9. The van der Waals surface area contributed by atoms with Gasteiger partial charge in [-0.25, -0.2) is 0 Å². The van der Waals surface area contributed by atoms with Crippen LogP contribution in [-0.2, 0) is 11.2 Å². The predicted molar refractivity (Wildman–Crippen MR) is 74.9 cm³/mol. The van der Waals surface area contributed by atoms with E-state index >= 15 is 0 Å². The van der Waals surface area contributed by atoms with Crippen LogP contribution in [0.1, 0.15) is 11.1 Å². The van der Waals surface area contributed by atoms with Crippen LogP contribution >= 0.6 is 12.6 Å². The number of benzene rings is 1. The number of carbonyl (C=O) groups is 1. The van der Waals surface area contributed by atoms with Crippen molar-refractivity contribution in [1.29, 1.82) is 0 Å². The van der Waals surface area contributed by atoms with Crippen LogP contribution in [0.5, 0.6) is 0 Å². The van der Waals surface area contributed by atoms with Crippen molar-refractivity contribution in [3.05, 3.63) is 23.3 Å². The Bertz CT molecular complexity index is 457. The first kappa shape index (κ1) is 13.2. The Labute approximate surface area is 112 Å². The third kappa shape index (κ3) is 2.97. The number of thiol groups is 1. The molecule has 0 spiro atoms. The zero-order valence-corrected chi connectivity index (χ0v) is 11.3. The number of hydrogen-bond donors (Lipinski definition) is 3. The minimum atomic E-state index is -0.803. The van der Waals surface area contributed by atoms with Gasteiger partial charge in [-0.2, -0.15) is 0 Å². The summed E-state index contributed by atoms with van der Waals surface area (Å²) in [5.74, 6) is -0.803. The van der Waals surface area contributed by atoms with Crippen LogP contribution in [0.15, 0.2) is 17.0 Å². The Kier molecular flexibility index (Phi) is 4.14. The molecule has 1 saturated heterocycles. The number of piperazine rings is 1. The van der Waals surface area contributed by atoms with Gasteiger partial charge in [0, 0.05) is 36.8 Å². The molecule has 4 nitrogen and oxygen atoms in total. The van der Waals surface area contributed by atoms with Crippen LogP contribution in [0.2, 0.25) is 0 Å². The molecule has 0 aromatic heterocycles. The van der Waals surface area contributed by atoms with Crippen molar-refractivity contribution in [2.24, 2.45) is 0 Å². The van der Waals surface area contributed by atoms with Crippen molar-refractivity contribution in [2.75, 3.05) is 31.1 Å². The molecule has 0 unspecified atom stereocenters. The van der Waals surface area contributed by atoms with E-state index in [1.54, 1.807) is 0 Å². The molecular weight excluding hydrogens is 248 g/mol. The fourth-order valence-corrected chi connectivity index (χ4v) is 2.60. The van der Waals surface area contributed by atoms with Gasteiger partial charge in [0.05, 0.1) is 6.42 Å². The average molecular weight is 266 g/mol. The molecule has 5 heteroatoms. The van der Waals surface area contributed by atoms with Gasteiger partial charge in [-0.3, -0.25) is 4.79 Å². The topological polar surface area (TPSA) is 52.6 Å². The van der Waals surface area contributed by atoms with Gasteiger partial charge >= 0.3 is 5.97 Å². The Balaban J connectivity index is 2.33. The number of rotatable bonds is 3. The fourth-order valence-electron chi connectivity index (χ4n) is 2.32. The second kappa shape index (κ2) is 5.63. The molecule has 1 aromatic rings. The molecule has 1 aliphatic rings. The third-order valence-corrected chi connectivity index (χ3v) is 3.53. The lowest BCUT2D eigenvalue weighted by Gasteiger charge is -2.31. The summed E-state index contributed by atoms with van der Waals surface area (Å²) in [6.45, 7) is 5.81. The molecule has 0 saturated carbocycles. The maximum atomic E-state index is 10.9. The molecule has 0 amide bonds. The van der Waals surface area contributed by atoms with Gasteiger partial charge in [0.1, 0.15) is 0 Å². The van der Waals surface area contributed by atoms with Gasteiger partial charge in [0.15, 0.2) is 0 Å². The highest BCUT2D eigenvalue weighted by molar-refractivity contribution is 7.80. The standard InChI is InChI=1S/C13H18N2O2S/c1-9-10(7-13(16)17)6-11(18)8-12(9)15-4-2-14-3-5-15/h6,8,14,18H,2-5,7H2,1H3,(H,16,17). The lowest BCUT2D eigenvalue weighted by molar-refractivity contribution is -0.136.